The maximum atomic E-state index is 7.57. The molecule has 0 saturated carbocycles. The van der Waals surface area contributed by atoms with E-state index in [1.54, 1.807) is 0 Å². The summed E-state index contributed by atoms with van der Waals surface area (Å²) in [5, 5.41) is 7.57. The molecular formula is C11H15BrN2O. The Balaban J connectivity index is 0.00000112. The molecule has 0 aromatic heterocycles. The lowest BCUT2D eigenvalue weighted by Gasteiger charge is -2.16. The van der Waals surface area contributed by atoms with Crippen LogP contribution in [0.5, 0.6) is 0 Å². The summed E-state index contributed by atoms with van der Waals surface area (Å²) in [4.78, 5) is 1.84. The van der Waals surface area contributed by atoms with Gasteiger partial charge in [-0.15, -0.1) is 17.0 Å². The van der Waals surface area contributed by atoms with Crippen molar-refractivity contribution in [3.8, 4) is 0 Å². The topological polar surface area (TPSA) is 36.3 Å². The van der Waals surface area contributed by atoms with Crippen molar-refractivity contribution in [1.29, 1.82) is 5.41 Å². The van der Waals surface area contributed by atoms with E-state index in [0.717, 1.165) is 5.56 Å². The lowest BCUT2D eigenvalue weighted by Crippen LogP contribution is -2.27. The molecule has 1 fully saturated rings. The van der Waals surface area contributed by atoms with Crippen LogP contribution in [0.4, 0.5) is 0 Å². The molecule has 1 aliphatic rings. The molecule has 0 unspecified atom stereocenters. The molecule has 1 aromatic rings. The van der Waals surface area contributed by atoms with Gasteiger partial charge < -0.3 is 9.64 Å². The van der Waals surface area contributed by atoms with Gasteiger partial charge >= 0.3 is 0 Å². The zero-order chi connectivity index (χ0) is 10.1. The van der Waals surface area contributed by atoms with Gasteiger partial charge in [-0.2, -0.15) is 0 Å². The van der Waals surface area contributed by atoms with Crippen molar-refractivity contribution in [1.82, 2.24) is 4.90 Å². The maximum absolute atomic E-state index is 7.57. The molecule has 0 radical (unpaired) electrons. The fourth-order valence-corrected chi connectivity index (χ4v) is 1.68. The van der Waals surface area contributed by atoms with Gasteiger partial charge in [-0.3, -0.25) is 5.41 Å². The Kier molecular flexibility index (Phi) is 3.74. The number of likely N-dealkylation sites (N-methyl/N-ethyl adjacent to an activating group) is 1. The molecule has 3 nitrogen and oxygen atoms in total. The van der Waals surface area contributed by atoms with Crippen LogP contribution in [0.3, 0.4) is 0 Å². The Bertz CT molecular complexity index is 342. The van der Waals surface area contributed by atoms with Crippen LogP contribution in [0.1, 0.15) is 18.6 Å². The number of nitrogens with zero attached hydrogens (tertiary/aromatic N) is 1. The van der Waals surface area contributed by atoms with Crippen molar-refractivity contribution >= 4 is 23.0 Å². The summed E-state index contributed by atoms with van der Waals surface area (Å²) in [5.41, 5.74) is 1.13. The van der Waals surface area contributed by atoms with Crippen LogP contribution in [0.15, 0.2) is 30.3 Å². The smallest absolute Gasteiger partial charge is 0.285 e. The van der Waals surface area contributed by atoms with Crippen molar-refractivity contribution < 1.29 is 4.74 Å². The van der Waals surface area contributed by atoms with Crippen LogP contribution in [0.2, 0.25) is 0 Å². The molecule has 4 heteroatoms. The number of nitrogens with one attached hydrogen (secondary N) is 1. The van der Waals surface area contributed by atoms with Crippen LogP contribution in [0.25, 0.3) is 0 Å². The first kappa shape index (κ1) is 12.0. The highest BCUT2D eigenvalue weighted by molar-refractivity contribution is 8.93. The molecule has 1 aliphatic heterocycles. The summed E-state index contributed by atoms with van der Waals surface area (Å²) >= 11 is 0. The van der Waals surface area contributed by atoms with Gasteiger partial charge in [0.1, 0.15) is 6.10 Å². The van der Waals surface area contributed by atoms with Gasteiger partial charge in [0.2, 0.25) is 0 Å². The normalized spacial score (nSPS) is 24.7. The second kappa shape index (κ2) is 4.66. The first-order valence-corrected chi connectivity index (χ1v) is 4.73. The SMILES string of the molecule is Br.C[C@@H]1[C@@H](c2ccccc2)OC(=N)N1C. The number of halogens is 1. The van der Waals surface area contributed by atoms with E-state index in [2.05, 4.69) is 6.92 Å². The standard InChI is InChI=1S/C11H14N2O.BrH/c1-8-10(14-11(12)13(8)2)9-6-4-3-5-7-9;/h3-8,10,12H,1-2H3;1H/t8-,10+;/m1./s1. The van der Waals surface area contributed by atoms with E-state index in [0.29, 0.717) is 0 Å². The first-order chi connectivity index (χ1) is 6.70. The summed E-state index contributed by atoms with van der Waals surface area (Å²) in [5.74, 6) is 0. The molecule has 1 heterocycles. The number of benzene rings is 1. The highest BCUT2D eigenvalue weighted by Crippen LogP contribution is 2.30. The minimum Gasteiger partial charge on any atom is -0.455 e. The van der Waals surface area contributed by atoms with Gasteiger partial charge in [-0.25, -0.2) is 0 Å². The highest BCUT2D eigenvalue weighted by atomic mass is 79.9. The van der Waals surface area contributed by atoms with Crippen molar-refractivity contribution in [3.05, 3.63) is 35.9 Å². The third-order valence-corrected chi connectivity index (χ3v) is 2.74. The van der Waals surface area contributed by atoms with Crippen molar-refractivity contribution in [2.45, 2.75) is 19.1 Å². The minimum absolute atomic E-state index is 0. The summed E-state index contributed by atoms with van der Waals surface area (Å²) < 4.78 is 5.48. The number of hydrogen-bond donors (Lipinski definition) is 1. The molecule has 1 aromatic carbocycles. The molecule has 1 saturated heterocycles. The molecule has 0 bridgehead atoms. The third kappa shape index (κ3) is 2.15. The fraction of sp³-hybridized carbons (Fsp3) is 0.364. The van der Waals surface area contributed by atoms with E-state index in [-0.39, 0.29) is 35.1 Å². The Morgan fingerprint density at radius 3 is 2.33 bits per heavy atom. The minimum atomic E-state index is -0.00583. The summed E-state index contributed by atoms with van der Waals surface area (Å²) in [6, 6.07) is 10.5. The van der Waals surface area contributed by atoms with Crippen LogP contribution in [-0.2, 0) is 4.74 Å². The molecule has 15 heavy (non-hydrogen) atoms. The maximum Gasteiger partial charge on any atom is 0.285 e. The molecule has 82 valence electrons. The molecule has 0 amide bonds. The Morgan fingerprint density at radius 1 is 1.27 bits per heavy atom. The van der Waals surface area contributed by atoms with E-state index >= 15 is 0 Å². The fourth-order valence-electron chi connectivity index (χ4n) is 1.68. The van der Waals surface area contributed by atoms with Crippen LogP contribution in [0, 0.1) is 5.41 Å². The zero-order valence-corrected chi connectivity index (χ0v) is 10.5. The number of rotatable bonds is 1. The summed E-state index contributed by atoms with van der Waals surface area (Å²) in [7, 11) is 1.88. The molecule has 0 spiro atoms. The number of ether oxygens (including phenoxy) is 1. The van der Waals surface area contributed by atoms with Crippen LogP contribution < -0.4 is 0 Å². The number of amidine groups is 1. The van der Waals surface area contributed by atoms with Crippen LogP contribution >= 0.6 is 17.0 Å². The highest BCUT2D eigenvalue weighted by Gasteiger charge is 2.34. The number of hydrogen-bond acceptors (Lipinski definition) is 2. The van der Waals surface area contributed by atoms with Gasteiger partial charge in [0, 0.05) is 7.05 Å². The van der Waals surface area contributed by atoms with Gasteiger partial charge in [0.15, 0.2) is 0 Å². The lowest BCUT2D eigenvalue weighted by molar-refractivity contribution is 0.201. The predicted molar refractivity (Wildman–Crippen MR) is 65.5 cm³/mol. The average Bonchev–Trinajstić information content (AvgIpc) is 2.47. The van der Waals surface area contributed by atoms with Gasteiger partial charge in [-0.05, 0) is 12.5 Å². The Morgan fingerprint density at radius 2 is 1.87 bits per heavy atom. The quantitative estimate of drug-likeness (QED) is 0.852. The molecule has 2 atom stereocenters. The Hall–Kier alpha value is -1.03. The van der Waals surface area contributed by atoms with Gasteiger partial charge in [0.05, 0.1) is 6.04 Å². The third-order valence-electron chi connectivity index (χ3n) is 2.74. The van der Waals surface area contributed by atoms with Crippen molar-refractivity contribution in [3.63, 3.8) is 0 Å². The van der Waals surface area contributed by atoms with Gasteiger partial charge in [0.25, 0.3) is 6.02 Å². The summed E-state index contributed by atoms with van der Waals surface area (Å²) in [6.07, 6.45) is -0.00583. The molecule has 1 N–H and O–H groups in total. The van der Waals surface area contributed by atoms with Crippen molar-refractivity contribution in [2.75, 3.05) is 7.05 Å². The zero-order valence-electron chi connectivity index (χ0n) is 8.81. The van der Waals surface area contributed by atoms with Crippen LogP contribution in [-0.4, -0.2) is 24.0 Å². The second-order valence-electron chi connectivity index (χ2n) is 3.61. The van der Waals surface area contributed by atoms with E-state index in [4.69, 9.17) is 10.1 Å². The van der Waals surface area contributed by atoms with E-state index in [9.17, 15) is 0 Å². The predicted octanol–water partition coefficient (Wildman–Crippen LogP) is 2.59. The van der Waals surface area contributed by atoms with Crippen molar-refractivity contribution in [2.24, 2.45) is 0 Å². The second-order valence-corrected chi connectivity index (χ2v) is 3.61. The molecule has 0 aliphatic carbocycles. The van der Waals surface area contributed by atoms with Gasteiger partial charge in [-0.1, -0.05) is 30.3 Å². The average molecular weight is 271 g/mol. The van der Waals surface area contributed by atoms with E-state index in [1.807, 2.05) is 42.3 Å². The summed E-state index contributed by atoms with van der Waals surface area (Å²) in [6.45, 7) is 2.07. The van der Waals surface area contributed by atoms with E-state index < -0.39 is 0 Å². The molecular weight excluding hydrogens is 256 g/mol. The molecule has 2 rings (SSSR count). The Labute approximate surface area is 100 Å². The monoisotopic (exact) mass is 270 g/mol. The first-order valence-electron chi connectivity index (χ1n) is 4.73. The lowest BCUT2D eigenvalue weighted by atomic mass is 10.0. The largest absolute Gasteiger partial charge is 0.455 e. The van der Waals surface area contributed by atoms with E-state index in [1.165, 1.54) is 0 Å².